The summed E-state index contributed by atoms with van der Waals surface area (Å²) in [7, 11) is 0. The van der Waals surface area contributed by atoms with Crippen LogP contribution >= 0.6 is 0 Å². The van der Waals surface area contributed by atoms with E-state index in [0.717, 1.165) is 11.1 Å². The summed E-state index contributed by atoms with van der Waals surface area (Å²) in [5.41, 5.74) is 7.13. The smallest absolute Gasteiger partial charge is 0.234 e. The van der Waals surface area contributed by atoms with Crippen LogP contribution in [-0.2, 0) is 4.79 Å². The van der Waals surface area contributed by atoms with E-state index < -0.39 is 6.04 Å². The Hall–Kier alpha value is -1.55. The molecule has 1 amide bonds. The number of amides is 1. The van der Waals surface area contributed by atoms with Gasteiger partial charge in [0.05, 0.1) is 6.04 Å². The Kier molecular flexibility index (Phi) is 4.73. The van der Waals surface area contributed by atoms with Crippen molar-refractivity contribution in [3.05, 3.63) is 29.3 Å². The van der Waals surface area contributed by atoms with Crippen molar-refractivity contribution in [3.8, 4) is 5.75 Å². The third kappa shape index (κ3) is 3.47. The average molecular weight is 250 g/mol. The van der Waals surface area contributed by atoms with E-state index in [1.165, 1.54) is 0 Å². The summed E-state index contributed by atoms with van der Waals surface area (Å²) in [6.07, 6.45) is 0. The zero-order valence-corrected chi connectivity index (χ0v) is 11.4. The van der Waals surface area contributed by atoms with E-state index in [1.807, 2.05) is 39.8 Å². The van der Waals surface area contributed by atoms with Crippen molar-refractivity contribution >= 4 is 5.91 Å². The number of aromatic hydroxyl groups is 1. The van der Waals surface area contributed by atoms with E-state index in [9.17, 15) is 9.90 Å². The molecule has 0 aliphatic heterocycles. The Labute approximate surface area is 108 Å². The molecule has 0 aliphatic rings. The van der Waals surface area contributed by atoms with Gasteiger partial charge in [-0.25, -0.2) is 0 Å². The maximum absolute atomic E-state index is 11.3. The van der Waals surface area contributed by atoms with Gasteiger partial charge in [-0.15, -0.1) is 0 Å². The van der Waals surface area contributed by atoms with Crippen LogP contribution in [0.2, 0.25) is 0 Å². The third-order valence-corrected chi connectivity index (χ3v) is 3.06. The molecular weight excluding hydrogens is 228 g/mol. The molecule has 0 saturated carbocycles. The number of hydrogen-bond donors (Lipinski definition) is 3. The van der Waals surface area contributed by atoms with E-state index >= 15 is 0 Å². The highest BCUT2D eigenvalue weighted by Gasteiger charge is 2.22. The van der Waals surface area contributed by atoms with Crippen LogP contribution in [0.1, 0.15) is 37.9 Å². The zero-order valence-electron chi connectivity index (χ0n) is 11.4. The number of phenolic OH excluding ortho intramolecular Hbond substituents is 1. The van der Waals surface area contributed by atoms with Gasteiger partial charge in [0.15, 0.2) is 0 Å². The van der Waals surface area contributed by atoms with E-state index in [2.05, 4.69) is 5.32 Å². The molecule has 0 bridgehead atoms. The van der Waals surface area contributed by atoms with Crippen LogP contribution in [0.4, 0.5) is 0 Å². The Bertz CT molecular complexity index is 430. The van der Waals surface area contributed by atoms with Crippen LogP contribution in [-0.4, -0.2) is 17.1 Å². The number of carbonyl (C=O) groups is 1. The molecule has 0 heterocycles. The fraction of sp³-hybridized carbons (Fsp3) is 0.500. The minimum atomic E-state index is -0.402. The number of phenols is 1. The van der Waals surface area contributed by atoms with Gasteiger partial charge in [-0.1, -0.05) is 26.0 Å². The minimum absolute atomic E-state index is 0.109. The predicted octanol–water partition coefficient (Wildman–Crippen LogP) is 1.86. The first-order valence-electron chi connectivity index (χ1n) is 6.17. The number of benzene rings is 1. The van der Waals surface area contributed by atoms with Gasteiger partial charge >= 0.3 is 0 Å². The highest BCUT2D eigenvalue weighted by molar-refractivity contribution is 5.80. The van der Waals surface area contributed by atoms with Crippen molar-refractivity contribution in [2.75, 3.05) is 0 Å². The van der Waals surface area contributed by atoms with Gasteiger partial charge < -0.3 is 10.8 Å². The number of rotatable bonds is 5. The van der Waals surface area contributed by atoms with Crippen LogP contribution in [0.3, 0.4) is 0 Å². The molecule has 0 aromatic heterocycles. The molecule has 4 nitrogen and oxygen atoms in total. The number of carbonyl (C=O) groups excluding carboxylic acids is 1. The molecule has 18 heavy (non-hydrogen) atoms. The molecule has 0 aliphatic carbocycles. The first-order chi connectivity index (χ1) is 8.32. The Morgan fingerprint density at radius 3 is 2.39 bits per heavy atom. The topological polar surface area (TPSA) is 75.3 Å². The van der Waals surface area contributed by atoms with E-state index in [-0.39, 0.29) is 23.6 Å². The third-order valence-electron chi connectivity index (χ3n) is 3.06. The molecule has 0 saturated heterocycles. The molecule has 1 aromatic carbocycles. The van der Waals surface area contributed by atoms with Crippen LogP contribution in [0, 0.1) is 12.8 Å². The van der Waals surface area contributed by atoms with Crippen LogP contribution < -0.4 is 11.1 Å². The summed E-state index contributed by atoms with van der Waals surface area (Å²) in [5, 5.41) is 13.1. The normalized spacial score (nSPS) is 14.5. The van der Waals surface area contributed by atoms with E-state index in [0.29, 0.717) is 0 Å². The molecule has 4 heteroatoms. The molecule has 1 aromatic rings. The second-order valence-corrected chi connectivity index (χ2v) is 5.07. The summed E-state index contributed by atoms with van der Waals surface area (Å²) in [6, 6.07) is 4.97. The Balaban J connectivity index is 2.87. The molecule has 2 unspecified atom stereocenters. The first-order valence-corrected chi connectivity index (χ1v) is 6.17. The van der Waals surface area contributed by atoms with Crippen molar-refractivity contribution in [2.45, 2.75) is 39.8 Å². The highest BCUT2D eigenvalue weighted by Crippen LogP contribution is 2.25. The lowest BCUT2D eigenvalue weighted by Crippen LogP contribution is -2.45. The number of aryl methyl sites for hydroxylation is 1. The lowest BCUT2D eigenvalue weighted by Gasteiger charge is -2.24. The molecule has 4 N–H and O–H groups in total. The monoisotopic (exact) mass is 250 g/mol. The van der Waals surface area contributed by atoms with Crippen molar-refractivity contribution in [3.63, 3.8) is 0 Å². The molecular formula is C14H22N2O2. The van der Waals surface area contributed by atoms with Crippen LogP contribution in [0.5, 0.6) is 5.75 Å². The second-order valence-electron chi connectivity index (χ2n) is 5.07. The summed E-state index contributed by atoms with van der Waals surface area (Å²) in [4.78, 5) is 11.3. The van der Waals surface area contributed by atoms with Crippen molar-refractivity contribution < 1.29 is 9.90 Å². The minimum Gasteiger partial charge on any atom is -0.508 e. The largest absolute Gasteiger partial charge is 0.508 e. The lowest BCUT2D eigenvalue weighted by molar-refractivity contribution is -0.121. The summed E-state index contributed by atoms with van der Waals surface area (Å²) < 4.78 is 0. The summed E-state index contributed by atoms with van der Waals surface area (Å²) >= 11 is 0. The highest BCUT2D eigenvalue weighted by atomic mass is 16.3. The summed E-state index contributed by atoms with van der Waals surface area (Å²) in [6.45, 7) is 7.69. The standard InChI is InChI=1S/C14H22N2O2/c1-8(2)13(14(15)18)16-10(4)11-6-5-9(3)7-12(11)17/h5-8,10,13,16-17H,1-4H3,(H2,15,18). The van der Waals surface area contributed by atoms with E-state index in [1.54, 1.807) is 6.07 Å². The Morgan fingerprint density at radius 2 is 1.94 bits per heavy atom. The fourth-order valence-electron chi connectivity index (χ4n) is 1.98. The Morgan fingerprint density at radius 1 is 1.33 bits per heavy atom. The first kappa shape index (κ1) is 14.5. The maximum atomic E-state index is 11.3. The average Bonchev–Trinajstić information content (AvgIpc) is 2.24. The number of nitrogens with one attached hydrogen (secondary N) is 1. The van der Waals surface area contributed by atoms with Crippen molar-refractivity contribution in [1.82, 2.24) is 5.32 Å². The predicted molar refractivity (Wildman–Crippen MR) is 72.2 cm³/mol. The number of hydrogen-bond acceptors (Lipinski definition) is 3. The van der Waals surface area contributed by atoms with Crippen molar-refractivity contribution in [1.29, 1.82) is 0 Å². The van der Waals surface area contributed by atoms with Crippen LogP contribution in [0.25, 0.3) is 0 Å². The van der Waals surface area contributed by atoms with Crippen LogP contribution in [0.15, 0.2) is 18.2 Å². The molecule has 1 rings (SSSR count). The van der Waals surface area contributed by atoms with Gasteiger partial charge in [-0.2, -0.15) is 0 Å². The SMILES string of the molecule is Cc1ccc(C(C)NC(C(N)=O)C(C)C)c(O)c1. The quantitative estimate of drug-likeness (QED) is 0.746. The lowest BCUT2D eigenvalue weighted by atomic mass is 9.99. The fourth-order valence-corrected chi connectivity index (χ4v) is 1.98. The molecule has 2 atom stereocenters. The number of nitrogens with two attached hydrogens (primary N) is 1. The van der Waals surface area contributed by atoms with Gasteiger partial charge in [0, 0.05) is 11.6 Å². The van der Waals surface area contributed by atoms with Gasteiger partial charge in [-0.3, -0.25) is 10.1 Å². The maximum Gasteiger partial charge on any atom is 0.234 e. The molecule has 0 radical (unpaired) electrons. The van der Waals surface area contributed by atoms with Gasteiger partial charge in [0.1, 0.15) is 5.75 Å². The zero-order chi connectivity index (χ0) is 13.9. The number of primary amides is 1. The van der Waals surface area contributed by atoms with Gasteiger partial charge in [0.2, 0.25) is 5.91 Å². The summed E-state index contributed by atoms with van der Waals surface area (Å²) in [5.74, 6) is -0.0250. The second kappa shape index (κ2) is 5.87. The molecule has 0 fully saturated rings. The van der Waals surface area contributed by atoms with E-state index in [4.69, 9.17) is 5.73 Å². The molecule has 100 valence electrons. The molecule has 0 spiro atoms. The van der Waals surface area contributed by atoms with Gasteiger partial charge in [-0.05, 0) is 31.4 Å². The van der Waals surface area contributed by atoms with Gasteiger partial charge in [0.25, 0.3) is 0 Å². The van der Waals surface area contributed by atoms with Crippen molar-refractivity contribution in [2.24, 2.45) is 11.7 Å².